The lowest BCUT2D eigenvalue weighted by Crippen LogP contribution is -2.38. The summed E-state index contributed by atoms with van der Waals surface area (Å²) in [7, 11) is -2.17. The number of rotatable bonds is 8. The van der Waals surface area contributed by atoms with Crippen LogP contribution in [0.4, 0.5) is 5.69 Å². The molecule has 11 heteroatoms. The molecule has 0 aliphatic carbocycles. The number of anilines is 1. The fourth-order valence-corrected chi connectivity index (χ4v) is 4.87. The molecular weight excluding hydrogens is 458 g/mol. The number of carbonyl (C=O) groups is 1. The molecule has 3 aromatic rings. The van der Waals surface area contributed by atoms with E-state index in [9.17, 15) is 18.0 Å². The number of nitrogens with zero attached hydrogens (tertiary/aromatic N) is 3. The topological polar surface area (TPSA) is 123 Å². The van der Waals surface area contributed by atoms with Crippen LogP contribution in [0.3, 0.4) is 0 Å². The Morgan fingerprint density at radius 2 is 1.74 bits per heavy atom. The summed E-state index contributed by atoms with van der Waals surface area (Å²) in [5.41, 5.74) is 0.228. The van der Waals surface area contributed by atoms with Gasteiger partial charge in [0.25, 0.3) is 11.5 Å². The van der Waals surface area contributed by atoms with E-state index in [1.54, 1.807) is 24.3 Å². The molecule has 1 fully saturated rings. The van der Waals surface area contributed by atoms with Gasteiger partial charge in [-0.1, -0.05) is 18.2 Å². The second-order valence-corrected chi connectivity index (χ2v) is 9.77. The number of aryl methyl sites for hydroxylation is 1. The Bertz CT molecular complexity index is 1330. The van der Waals surface area contributed by atoms with Crippen molar-refractivity contribution in [3.05, 3.63) is 64.6 Å². The molecular formula is C23H27N5O5S. The number of fused-ring (bicyclic) bond motifs is 1. The first kappa shape index (κ1) is 24.0. The maximum Gasteiger partial charge on any atom is 0.276 e. The zero-order valence-corrected chi connectivity index (χ0v) is 19.7. The highest BCUT2D eigenvalue weighted by molar-refractivity contribution is 7.89. The Morgan fingerprint density at radius 1 is 1.06 bits per heavy atom. The summed E-state index contributed by atoms with van der Waals surface area (Å²) in [4.78, 5) is 27.5. The molecule has 1 amide bonds. The number of morpholine rings is 1. The Hall–Kier alpha value is -3.12. The third-order valence-corrected chi connectivity index (χ3v) is 7.12. The third-order valence-electron chi connectivity index (χ3n) is 5.64. The molecule has 2 aromatic carbocycles. The zero-order valence-electron chi connectivity index (χ0n) is 18.9. The van der Waals surface area contributed by atoms with E-state index in [0.29, 0.717) is 42.6 Å². The van der Waals surface area contributed by atoms with Crippen LogP contribution in [0.1, 0.15) is 16.9 Å². The minimum atomic E-state index is -3.66. The van der Waals surface area contributed by atoms with Crippen molar-refractivity contribution in [2.24, 2.45) is 7.05 Å². The van der Waals surface area contributed by atoms with E-state index in [2.05, 4.69) is 20.0 Å². The molecule has 10 nitrogen and oxygen atoms in total. The lowest BCUT2D eigenvalue weighted by atomic mass is 10.1. The van der Waals surface area contributed by atoms with Crippen molar-refractivity contribution in [3.63, 3.8) is 0 Å². The first-order chi connectivity index (χ1) is 16.3. The summed E-state index contributed by atoms with van der Waals surface area (Å²) in [6, 6.07) is 12.7. The summed E-state index contributed by atoms with van der Waals surface area (Å²) >= 11 is 0. The van der Waals surface area contributed by atoms with Gasteiger partial charge < -0.3 is 10.1 Å². The van der Waals surface area contributed by atoms with E-state index in [1.807, 2.05) is 0 Å². The van der Waals surface area contributed by atoms with Crippen molar-refractivity contribution in [2.75, 3.05) is 44.7 Å². The summed E-state index contributed by atoms with van der Waals surface area (Å²) in [5, 5.41) is 7.66. The molecule has 0 radical (unpaired) electrons. The van der Waals surface area contributed by atoms with Crippen LogP contribution in [-0.4, -0.2) is 68.4 Å². The predicted molar refractivity (Wildman–Crippen MR) is 128 cm³/mol. The number of carbonyl (C=O) groups excluding carboxylic acids is 1. The van der Waals surface area contributed by atoms with E-state index in [4.69, 9.17) is 4.74 Å². The number of sulfonamides is 1. The van der Waals surface area contributed by atoms with Gasteiger partial charge in [0.1, 0.15) is 0 Å². The maximum absolute atomic E-state index is 12.8. The van der Waals surface area contributed by atoms with Gasteiger partial charge in [0, 0.05) is 37.8 Å². The molecule has 0 spiro atoms. The highest BCUT2D eigenvalue weighted by atomic mass is 32.2. The maximum atomic E-state index is 12.8. The first-order valence-corrected chi connectivity index (χ1v) is 12.5. The molecule has 34 heavy (non-hydrogen) atoms. The highest BCUT2D eigenvalue weighted by Crippen LogP contribution is 2.17. The largest absolute Gasteiger partial charge is 0.379 e. The van der Waals surface area contributed by atoms with Crippen LogP contribution >= 0.6 is 0 Å². The molecule has 4 rings (SSSR count). The van der Waals surface area contributed by atoms with Crippen molar-refractivity contribution < 1.29 is 17.9 Å². The van der Waals surface area contributed by atoms with Crippen molar-refractivity contribution in [2.45, 2.75) is 11.3 Å². The fraction of sp³-hybridized carbons (Fsp3) is 0.348. The molecule has 1 aliphatic rings. The van der Waals surface area contributed by atoms with E-state index >= 15 is 0 Å². The van der Waals surface area contributed by atoms with Crippen LogP contribution in [0, 0.1) is 0 Å². The number of hydrogen-bond acceptors (Lipinski definition) is 7. The van der Waals surface area contributed by atoms with Crippen LogP contribution < -0.4 is 15.6 Å². The smallest absolute Gasteiger partial charge is 0.276 e. The standard InChI is InChI=1S/C23H27N5O5S/c1-27-23(30)20-6-3-2-5-19(20)21(26-27)22(29)25-17-7-9-18(10-8-17)34(31,32)24-11-4-12-28-13-15-33-16-14-28/h2-3,5-10,24H,4,11-16H2,1H3,(H,25,29). The number of hydrogen-bond donors (Lipinski definition) is 2. The Balaban J connectivity index is 1.39. The van der Waals surface area contributed by atoms with Crippen LogP contribution in [-0.2, 0) is 21.8 Å². The highest BCUT2D eigenvalue weighted by Gasteiger charge is 2.17. The minimum Gasteiger partial charge on any atom is -0.379 e. The minimum absolute atomic E-state index is 0.108. The third kappa shape index (κ3) is 5.50. The van der Waals surface area contributed by atoms with Gasteiger partial charge in [-0.3, -0.25) is 14.5 Å². The van der Waals surface area contributed by atoms with E-state index < -0.39 is 15.9 Å². The van der Waals surface area contributed by atoms with E-state index in [-0.39, 0.29) is 16.1 Å². The van der Waals surface area contributed by atoms with Gasteiger partial charge in [-0.05, 0) is 43.3 Å². The van der Waals surface area contributed by atoms with Gasteiger partial charge in [-0.15, -0.1) is 0 Å². The molecule has 1 aromatic heterocycles. The average Bonchev–Trinajstić information content (AvgIpc) is 2.85. The van der Waals surface area contributed by atoms with E-state index in [0.717, 1.165) is 24.3 Å². The van der Waals surface area contributed by atoms with Gasteiger partial charge >= 0.3 is 0 Å². The van der Waals surface area contributed by atoms with Crippen molar-refractivity contribution in [1.29, 1.82) is 0 Å². The number of benzene rings is 2. The predicted octanol–water partition coefficient (Wildman–Crippen LogP) is 1.19. The Morgan fingerprint density at radius 3 is 2.44 bits per heavy atom. The lowest BCUT2D eigenvalue weighted by molar-refractivity contribution is 0.0376. The summed E-state index contributed by atoms with van der Waals surface area (Å²) in [6.45, 7) is 4.30. The average molecular weight is 486 g/mol. The summed E-state index contributed by atoms with van der Waals surface area (Å²) in [6.07, 6.45) is 0.702. The molecule has 1 aliphatic heterocycles. The van der Waals surface area contributed by atoms with Gasteiger partial charge in [-0.2, -0.15) is 5.10 Å². The number of amides is 1. The normalized spacial score (nSPS) is 14.9. The lowest BCUT2D eigenvalue weighted by Gasteiger charge is -2.26. The van der Waals surface area contributed by atoms with Crippen LogP contribution in [0.25, 0.3) is 10.8 Å². The van der Waals surface area contributed by atoms with Crippen LogP contribution in [0.5, 0.6) is 0 Å². The summed E-state index contributed by atoms with van der Waals surface area (Å²) in [5.74, 6) is -0.497. The zero-order chi connectivity index (χ0) is 24.1. The number of aromatic nitrogens is 2. The van der Waals surface area contributed by atoms with Gasteiger partial charge in [0.15, 0.2) is 5.69 Å². The molecule has 2 heterocycles. The molecule has 0 unspecified atom stereocenters. The second-order valence-electron chi connectivity index (χ2n) is 8.01. The molecule has 0 saturated carbocycles. The van der Waals surface area contributed by atoms with Gasteiger partial charge in [-0.25, -0.2) is 17.8 Å². The SMILES string of the molecule is Cn1nc(C(=O)Nc2ccc(S(=O)(=O)NCCCN3CCOCC3)cc2)c2ccccc2c1=O. The van der Waals surface area contributed by atoms with Crippen molar-refractivity contribution in [1.82, 2.24) is 19.4 Å². The molecule has 180 valence electrons. The monoisotopic (exact) mass is 485 g/mol. The Labute approximate surface area is 197 Å². The molecule has 0 bridgehead atoms. The fourth-order valence-electron chi connectivity index (χ4n) is 3.79. The van der Waals surface area contributed by atoms with Gasteiger partial charge in [0.05, 0.1) is 23.5 Å². The quantitative estimate of drug-likeness (QED) is 0.460. The van der Waals surface area contributed by atoms with Crippen molar-refractivity contribution in [3.8, 4) is 0 Å². The van der Waals surface area contributed by atoms with Gasteiger partial charge in [0.2, 0.25) is 10.0 Å². The second kappa shape index (κ2) is 10.4. The molecule has 1 saturated heterocycles. The van der Waals surface area contributed by atoms with Crippen LogP contribution in [0.2, 0.25) is 0 Å². The first-order valence-electron chi connectivity index (χ1n) is 11.0. The van der Waals surface area contributed by atoms with E-state index in [1.165, 1.54) is 31.3 Å². The number of ether oxygens (including phenoxy) is 1. The Kier molecular flexibility index (Phi) is 7.37. The molecule has 0 atom stereocenters. The van der Waals surface area contributed by atoms with Crippen LogP contribution in [0.15, 0.2) is 58.2 Å². The summed E-state index contributed by atoms with van der Waals surface area (Å²) < 4.78 is 34.2. The van der Waals surface area contributed by atoms with Crippen molar-refractivity contribution >= 4 is 32.4 Å². The number of nitrogens with one attached hydrogen (secondary N) is 2. The molecule has 2 N–H and O–H groups in total.